The van der Waals surface area contributed by atoms with Gasteiger partial charge >= 0.3 is 0 Å². The van der Waals surface area contributed by atoms with Gasteiger partial charge in [0, 0.05) is 38.0 Å². The number of fused-ring (bicyclic) bond motifs is 1. The zero-order valence-electron chi connectivity index (χ0n) is 13.6. The maximum atomic E-state index is 6.03. The van der Waals surface area contributed by atoms with Crippen molar-refractivity contribution in [2.24, 2.45) is 11.8 Å². The molecule has 1 aromatic heterocycles. The van der Waals surface area contributed by atoms with Crippen LogP contribution in [0.4, 0.5) is 0 Å². The van der Waals surface area contributed by atoms with Crippen LogP contribution in [0, 0.1) is 11.8 Å². The van der Waals surface area contributed by atoms with Gasteiger partial charge < -0.3 is 14.2 Å². The third kappa shape index (κ3) is 3.67. The first kappa shape index (κ1) is 15.4. The average molecular weight is 318 g/mol. The molecule has 4 atom stereocenters. The third-order valence-corrected chi connectivity index (χ3v) is 5.37. The molecular formula is C18H26N2O3. The van der Waals surface area contributed by atoms with Gasteiger partial charge in [-0.15, -0.1) is 0 Å². The summed E-state index contributed by atoms with van der Waals surface area (Å²) in [6.45, 7) is 5.70. The summed E-state index contributed by atoms with van der Waals surface area (Å²) in [5, 5.41) is 0. The van der Waals surface area contributed by atoms with Crippen molar-refractivity contribution in [1.82, 2.24) is 9.88 Å². The molecule has 126 valence electrons. The van der Waals surface area contributed by atoms with Crippen molar-refractivity contribution in [3.8, 4) is 5.88 Å². The summed E-state index contributed by atoms with van der Waals surface area (Å²) in [6, 6.07) is 6.35. The van der Waals surface area contributed by atoms with Gasteiger partial charge in [0.05, 0.1) is 25.9 Å². The minimum Gasteiger partial charge on any atom is -0.477 e. The van der Waals surface area contributed by atoms with Crippen molar-refractivity contribution in [1.29, 1.82) is 0 Å². The molecule has 0 N–H and O–H groups in total. The van der Waals surface area contributed by atoms with Crippen LogP contribution in [0.5, 0.6) is 5.88 Å². The van der Waals surface area contributed by atoms with E-state index in [2.05, 4.69) is 9.88 Å². The Labute approximate surface area is 137 Å². The molecule has 23 heavy (non-hydrogen) atoms. The number of hydrogen-bond acceptors (Lipinski definition) is 5. The highest BCUT2D eigenvalue weighted by atomic mass is 16.5. The molecule has 1 saturated carbocycles. The van der Waals surface area contributed by atoms with Gasteiger partial charge in [0.2, 0.25) is 5.88 Å². The Morgan fingerprint density at radius 2 is 2.22 bits per heavy atom. The summed E-state index contributed by atoms with van der Waals surface area (Å²) >= 11 is 0. The molecule has 2 saturated heterocycles. The molecule has 1 aliphatic carbocycles. The van der Waals surface area contributed by atoms with Crippen LogP contribution in [0.25, 0.3) is 0 Å². The van der Waals surface area contributed by atoms with E-state index in [9.17, 15) is 0 Å². The van der Waals surface area contributed by atoms with E-state index in [1.807, 2.05) is 18.2 Å². The Balaban J connectivity index is 1.31. The quantitative estimate of drug-likeness (QED) is 0.830. The molecular weight excluding hydrogens is 292 g/mol. The summed E-state index contributed by atoms with van der Waals surface area (Å²) < 4.78 is 17.4. The monoisotopic (exact) mass is 318 g/mol. The Morgan fingerprint density at radius 1 is 1.22 bits per heavy atom. The summed E-state index contributed by atoms with van der Waals surface area (Å²) in [5.74, 6) is 1.99. The number of pyridine rings is 1. The first-order valence-corrected chi connectivity index (χ1v) is 8.85. The van der Waals surface area contributed by atoms with E-state index in [0.29, 0.717) is 24.0 Å². The minimum absolute atomic E-state index is 0.378. The first-order valence-electron chi connectivity index (χ1n) is 8.85. The number of aromatic nitrogens is 1. The maximum absolute atomic E-state index is 6.03. The number of ether oxygens (including phenoxy) is 3. The summed E-state index contributed by atoms with van der Waals surface area (Å²) in [5.41, 5.74) is 0. The Hall–Kier alpha value is -1.17. The van der Waals surface area contributed by atoms with Gasteiger partial charge in [-0.25, -0.2) is 4.98 Å². The number of nitrogens with zero attached hydrogens (tertiary/aromatic N) is 2. The zero-order valence-corrected chi connectivity index (χ0v) is 13.6. The summed E-state index contributed by atoms with van der Waals surface area (Å²) in [7, 11) is 0. The number of morpholine rings is 1. The van der Waals surface area contributed by atoms with Crippen LogP contribution >= 0.6 is 0 Å². The molecule has 3 heterocycles. The van der Waals surface area contributed by atoms with Crippen LogP contribution in [0.2, 0.25) is 0 Å². The van der Waals surface area contributed by atoms with Crippen molar-refractivity contribution in [3.05, 3.63) is 24.4 Å². The van der Waals surface area contributed by atoms with Gasteiger partial charge in [-0.1, -0.05) is 6.07 Å². The van der Waals surface area contributed by atoms with Crippen LogP contribution in [0.15, 0.2) is 24.4 Å². The van der Waals surface area contributed by atoms with Crippen molar-refractivity contribution >= 4 is 0 Å². The minimum atomic E-state index is 0.378. The second-order valence-corrected chi connectivity index (χ2v) is 7.02. The summed E-state index contributed by atoms with van der Waals surface area (Å²) in [6.07, 6.45) is 5.64. The molecule has 3 fully saturated rings. The lowest BCUT2D eigenvalue weighted by molar-refractivity contribution is -0.0605. The van der Waals surface area contributed by atoms with E-state index in [-0.39, 0.29) is 0 Å². The van der Waals surface area contributed by atoms with E-state index >= 15 is 0 Å². The van der Waals surface area contributed by atoms with E-state index in [1.54, 1.807) is 6.20 Å². The van der Waals surface area contributed by atoms with Crippen molar-refractivity contribution in [2.75, 3.05) is 39.5 Å². The maximum Gasteiger partial charge on any atom is 0.213 e. The van der Waals surface area contributed by atoms with Crippen molar-refractivity contribution in [2.45, 2.75) is 31.4 Å². The highest BCUT2D eigenvalue weighted by Gasteiger charge is 2.41. The van der Waals surface area contributed by atoms with Gasteiger partial charge in [0.25, 0.3) is 0 Å². The molecule has 0 radical (unpaired) electrons. The fraction of sp³-hybridized carbons (Fsp3) is 0.722. The molecule has 0 aromatic carbocycles. The van der Waals surface area contributed by atoms with Gasteiger partial charge in [0.1, 0.15) is 0 Å². The molecule has 2 aliphatic heterocycles. The van der Waals surface area contributed by atoms with Gasteiger partial charge in [0.15, 0.2) is 0 Å². The normalized spacial score (nSPS) is 34.4. The zero-order chi connectivity index (χ0) is 15.5. The van der Waals surface area contributed by atoms with Crippen LogP contribution in [-0.4, -0.2) is 61.5 Å². The second kappa shape index (κ2) is 7.16. The molecule has 3 aliphatic rings. The van der Waals surface area contributed by atoms with Crippen LogP contribution in [-0.2, 0) is 9.47 Å². The Bertz CT molecular complexity index is 492. The van der Waals surface area contributed by atoms with E-state index in [1.165, 1.54) is 19.4 Å². The fourth-order valence-corrected chi connectivity index (χ4v) is 4.18. The van der Waals surface area contributed by atoms with Gasteiger partial charge in [-0.2, -0.15) is 0 Å². The molecule has 1 aromatic rings. The number of hydrogen-bond donors (Lipinski definition) is 0. The molecule has 5 heteroatoms. The third-order valence-electron chi connectivity index (χ3n) is 5.37. The highest BCUT2D eigenvalue weighted by molar-refractivity contribution is 5.09. The second-order valence-electron chi connectivity index (χ2n) is 7.02. The van der Waals surface area contributed by atoms with Crippen molar-refractivity contribution in [3.63, 3.8) is 0 Å². The molecule has 0 bridgehead atoms. The van der Waals surface area contributed by atoms with Crippen LogP contribution in [0.3, 0.4) is 0 Å². The first-order chi connectivity index (χ1) is 11.4. The van der Waals surface area contributed by atoms with Crippen LogP contribution < -0.4 is 4.74 Å². The largest absolute Gasteiger partial charge is 0.477 e. The van der Waals surface area contributed by atoms with Crippen molar-refractivity contribution < 1.29 is 14.2 Å². The Morgan fingerprint density at radius 3 is 3.04 bits per heavy atom. The Kier molecular flexibility index (Phi) is 4.78. The lowest BCUT2D eigenvalue weighted by atomic mass is 10.0. The highest BCUT2D eigenvalue weighted by Crippen LogP contribution is 2.35. The SMILES string of the molecule is c1ccc(OC[C@H]2C[C@@H]3[C@@H](C2)OCCN3C[C@H]2CCOC2)nc1. The lowest BCUT2D eigenvalue weighted by Gasteiger charge is -2.38. The number of rotatable bonds is 5. The summed E-state index contributed by atoms with van der Waals surface area (Å²) in [4.78, 5) is 6.88. The molecule has 0 amide bonds. The van der Waals surface area contributed by atoms with E-state index in [4.69, 9.17) is 14.2 Å². The molecule has 0 unspecified atom stereocenters. The predicted molar refractivity (Wildman–Crippen MR) is 86.5 cm³/mol. The lowest BCUT2D eigenvalue weighted by Crippen LogP contribution is -2.50. The van der Waals surface area contributed by atoms with Crippen LogP contribution in [0.1, 0.15) is 19.3 Å². The van der Waals surface area contributed by atoms with E-state index < -0.39 is 0 Å². The standard InChI is InChI=1S/C18H26N2O3/c1-2-5-19-18(3-1)23-13-15-9-16-17(10-15)22-8-6-20(16)11-14-4-7-21-12-14/h1-3,5,14-17H,4,6-13H2/t14-,15+,16-,17-/m1/s1. The van der Waals surface area contributed by atoms with Gasteiger partial charge in [-0.05, 0) is 37.2 Å². The molecule has 4 rings (SSSR count). The topological polar surface area (TPSA) is 43.8 Å². The smallest absolute Gasteiger partial charge is 0.213 e. The molecule has 5 nitrogen and oxygen atoms in total. The van der Waals surface area contributed by atoms with E-state index in [0.717, 1.165) is 45.3 Å². The average Bonchev–Trinajstić information content (AvgIpc) is 3.23. The predicted octanol–water partition coefficient (Wildman–Crippen LogP) is 1.98. The van der Waals surface area contributed by atoms with Gasteiger partial charge in [-0.3, -0.25) is 4.90 Å². The fourth-order valence-electron chi connectivity index (χ4n) is 4.18. The molecule has 0 spiro atoms.